The maximum Gasteiger partial charge on any atom is 0.331 e. The van der Waals surface area contributed by atoms with Crippen LogP contribution >= 0.6 is 31.9 Å². The summed E-state index contributed by atoms with van der Waals surface area (Å²) in [7, 11) is 1.52. The van der Waals surface area contributed by atoms with E-state index in [2.05, 4.69) is 37.2 Å². The molecular formula is C25H26Br2N2O6. The van der Waals surface area contributed by atoms with E-state index in [1.807, 2.05) is 19.9 Å². The third-order valence-corrected chi connectivity index (χ3v) is 6.05. The second kappa shape index (κ2) is 12.2. The molecule has 0 unspecified atom stereocenters. The van der Waals surface area contributed by atoms with Gasteiger partial charge in [0.2, 0.25) is 0 Å². The quantitative estimate of drug-likeness (QED) is 0.284. The molecule has 0 bridgehead atoms. The van der Waals surface area contributed by atoms with Gasteiger partial charge in [0.1, 0.15) is 11.3 Å². The summed E-state index contributed by atoms with van der Waals surface area (Å²) in [4.78, 5) is 39.4. The fraction of sp³-hybridized carbons (Fsp3) is 0.320. The van der Waals surface area contributed by atoms with Gasteiger partial charge in [0, 0.05) is 10.0 Å². The largest absolute Gasteiger partial charge is 0.493 e. The molecule has 1 fully saturated rings. The zero-order valence-corrected chi connectivity index (χ0v) is 22.8. The Bertz CT molecular complexity index is 1160. The van der Waals surface area contributed by atoms with Crippen molar-refractivity contribution in [1.82, 2.24) is 10.2 Å². The van der Waals surface area contributed by atoms with Crippen molar-refractivity contribution in [3.8, 4) is 17.2 Å². The number of urea groups is 1. The number of hydrogen-bond donors (Lipinski definition) is 1. The molecule has 0 radical (unpaired) electrons. The number of imide groups is 2. The second-order valence-electron chi connectivity index (χ2n) is 7.70. The predicted molar refractivity (Wildman–Crippen MR) is 138 cm³/mol. The topological polar surface area (TPSA) is 94.2 Å². The number of carbonyl (C=O) groups excluding carboxylic acids is 3. The summed E-state index contributed by atoms with van der Waals surface area (Å²) in [6.45, 7) is 4.92. The fourth-order valence-corrected chi connectivity index (χ4v) is 4.73. The first-order valence-electron chi connectivity index (χ1n) is 11.1. The van der Waals surface area contributed by atoms with Crippen molar-refractivity contribution in [3.05, 3.63) is 56.0 Å². The Labute approximate surface area is 220 Å². The lowest BCUT2D eigenvalue weighted by molar-refractivity contribution is -0.130. The van der Waals surface area contributed by atoms with Gasteiger partial charge in [0.05, 0.1) is 31.3 Å². The van der Waals surface area contributed by atoms with Gasteiger partial charge in [0.25, 0.3) is 11.8 Å². The number of methoxy groups -OCH3 is 1. The van der Waals surface area contributed by atoms with Crippen LogP contribution in [-0.4, -0.2) is 43.1 Å². The van der Waals surface area contributed by atoms with Crippen molar-refractivity contribution in [3.63, 3.8) is 0 Å². The number of hydrogen-bond acceptors (Lipinski definition) is 6. The van der Waals surface area contributed by atoms with E-state index in [0.717, 1.165) is 22.2 Å². The van der Waals surface area contributed by atoms with E-state index in [-0.39, 0.29) is 12.1 Å². The molecule has 1 N–H and O–H groups in total. The number of carbonyl (C=O) groups is 3. The van der Waals surface area contributed by atoms with Crippen LogP contribution in [0.5, 0.6) is 17.2 Å². The minimum atomic E-state index is -0.791. The Hall–Kier alpha value is -2.85. The molecule has 8 nitrogen and oxygen atoms in total. The molecule has 0 aromatic heterocycles. The fourth-order valence-electron chi connectivity index (χ4n) is 3.36. The number of nitrogens with one attached hydrogen (secondary N) is 1. The first-order chi connectivity index (χ1) is 16.8. The van der Waals surface area contributed by atoms with Crippen LogP contribution in [0.3, 0.4) is 0 Å². The highest BCUT2D eigenvalue weighted by molar-refractivity contribution is 9.11. The Morgan fingerprint density at radius 1 is 0.971 bits per heavy atom. The Morgan fingerprint density at radius 3 is 2.37 bits per heavy atom. The third-order valence-electron chi connectivity index (χ3n) is 5.00. The van der Waals surface area contributed by atoms with Crippen LogP contribution in [0.15, 0.2) is 44.9 Å². The van der Waals surface area contributed by atoms with Crippen molar-refractivity contribution < 1.29 is 28.6 Å². The van der Waals surface area contributed by atoms with E-state index in [1.165, 1.54) is 13.2 Å². The summed E-state index contributed by atoms with van der Waals surface area (Å²) >= 11 is 6.89. The van der Waals surface area contributed by atoms with Gasteiger partial charge in [-0.1, -0.05) is 35.8 Å². The standard InChI is InChI=1S/C25H26Br2N2O6/c1-4-8-34-20-7-6-15(10-21(20)33-3)14-29-24(31)18(23(30)28-25(29)32)12-16-11-17(26)13-19(27)22(16)35-9-5-2/h6-7,10-13H,4-5,8-9,14H2,1-3H3,(H,28,30,32)/b18-12+. The van der Waals surface area contributed by atoms with E-state index >= 15 is 0 Å². The predicted octanol–water partition coefficient (Wildman–Crippen LogP) is 5.46. The van der Waals surface area contributed by atoms with Crippen LogP contribution in [0.1, 0.15) is 37.8 Å². The Kier molecular flexibility index (Phi) is 9.33. The third kappa shape index (κ3) is 6.43. The van der Waals surface area contributed by atoms with Crippen LogP contribution in [0.25, 0.3) is 6.08 Å². The van der Waals surface area contributed by atoms with E-state index in [9.17, 15) is 14.4 Å². The van der Waals surface area contributed by atoms with Crippen molar-refractivity contribution in [1.29, 1.82) is 0 Å². The summed E-state index contributed by atoms with van der Waals surface area (Å²) in [6, 6.07) is 7.94. The Balaban J connectivity index is 1.93. The van der Waals surface area contributed by atoms with Crippen molar-refractivity contribution in [2.45, 2.75) is 33.2 Å². The molecule has 1 saturated heterocycles. The summed E-state index contributed by atoms with van der Waals surface area (Å²) in [5.74, 6) is 0.0859. The van der Waals surface area contributed by atoms with Gasteiger partial charge in [-0.15, -0.1) is 0 Å². The molecule has 0 spiro atoms. The molecule has 186 valence electrons. The van der Waals surface area contributed by atoms with Gasteiger partial charge < -0.3 is 14.2 Å². The highest BCUT2D eigenvalue weighted by Crippen LogP contribution is 2.35. The molecular weight excluding hydrogens is 584 g/mol. The molecule has 4 amide bonds. The Morgan fingerprint density at radius 2 is 1.69 bits per heavy atom. The monoisotopic (exact) mass is 608 g/mol. The van der Waals surface area contributed by atoms with Gasteiger partial charge in [-0.3, -0.25) is 19.8 Å². The molecule has 10 heteroatoms. The lowest BCUT2D eigenvalue weighted by Gasteiger charge is -2.27. The molecule has 2 aromatic rings. The highest BCUT2D eigenvalue weighted by Gasteiger charge is 2.36. The summed E-state index contributed by atoms with van der Waals surface area (Å²) in [6.07, 6.45) is 3.06. The van der Waals surface area contributed by atoms with E-state index < -0.39 is 17.8 Å². The normalized spacial score (nSPS) is 14.8. The minimum Gasteiger partial charge on any atom is -0.493 e. The van der Waals surface area contributed by atoms with Crippen molar-refractivity contribution >= 4 is 55.8 Å². The molecule has 0 saturated carbocycles. The van der Waals surface area contributed by atoms with Gasteiger partial charge in [-0.25, -0.2) is 4.79 Å². The van der Waals surface area contributed by atoms with Crippen LogP contribution in [0.4, 0.5) is 4.79 Å². The first-order valence-corrected chi connectivity index (χ1v) is 12.7. The van der Waals surface area contributed by atoms with Gasteiger partial charge in [-0.05, 0) is 64.7 Å². The zero-order valence-electron chi connectivity index (χ0n) is 19.7. The van der Waals surface area contributed by atoms with Crippen LogP contribution in [-0.2, 0) is 16.1 Å². The van der Waals surface area contributed by atoms with Gasteiger partial charge in [0.15, 0.2) is 11.5 Å². The lowest BCUT2D eigenvalue weighted by Crippen LogP contribution is -2.53. The molecule has 35 heavy (non-hydrogen) atoms. The average molecular weight is 610 g/mol. The second-order valence-corrected chi connectivity index (χ2v) is 9.47. The van der Waals surface area contributed by atoms with Crippen LogP contribution < -0.4 is 19.5 Å². The number of amides is 4. The molecule has 2 aromatic carbocycles. The van der Waals surface area contributed by atoms with Crippen LogP contribution in [0, 0.1) is 0 Å². The zero-order chi connectivity index (χ0) is 25.5. The molecule has 3 rings (SSSR count). The van der Waals surface area contributed by atoms with E-state index in [4.69, 9.17) is 14.2 Å². The first kappa shape index (κ1) is 26.7. The van der Waals surface area contributed by atoms with E-state index in [0.29, 0.717) is 46.1 Å². The molecule has 1 aliphatic heterocycles. The average Bonchev–Trinajstić information content (AvgIpc) is 2.82. The number of benzene rings is 2. The summed E-state index contributed by atoms with van der Waals surface area (Å²) < 4.78 is 18.3. The highest BCUT2D eigenvalue weighted by atomic mass is 79.9. The van der Waals surface area contributed by atoms with Crippen molar-refractivity contribution in [2.24, 2.45) is 0 Å². The SMILES string of the molecule is CCCOc1ccc(CN2C(=O)NC(=O)/C(=C\c3cc(Br)cc(Br)c3OCCC)C2=O)cc1OC. The van der Waals surface area contributed by atoms with Gasteiger partial charge in [-0.2, -0.15) is 0 Å². The number of rotatable bonds is 10. The van der Waals surface area contributed by atoms with E-state index in [1.54, 1.807) is 24.3 Å². The smallest absolute Gasteiger partial charge is 0.331 e. The molecule has 0 aliphatic carbocycles. The summed E-state index contributed by atoms with van der Waals surface area (Å²) in [5, 5.41) is 2.25. The lowest BCUT2D eigenvalue weighted by atomic mass is 10.1. The maximum absolute atomic E-state index is 13.3. The maximum atomic E-state index is 13.3. The van der Waals surface area contributed by atoms with Crippen LogP contribution in [0.2, 0.25) is 0 Å². The molecule has 1 aliphatic rings. The number of ether oxygens (including phenoxy) is 3. The van der Waals surface area contributed by atoms with Crippen molar-refractivity contribution in [2.75, 3.05) is 20.3 Å². The number of halogens is 2. The number of barbiturate groups is 1. The molecule has 1 heterocycles. The van der Waals surface area contributed by atoms with Gasteiger partial charge >= 0.3 is 6.03 Å². The summed E-state index contributed by atoms with van der Waals surface area (Å²) in [5.41, 5.74) is 0.984. The molecule has 0 atom stereocenters. The number of nitrogens with zero attached hydrogens (tertiary/aromatic N) is 1. The minimum absolute atomic E-state index is 0.0545.